The van der Waals surface area contributed by atoms with Crippen LogP contribution in [0.25, 0.3) is 10.9 Å². The fraction of sp³-hybridized carbons (Fsp3) is 0.438. The molecule has 1 amide bonds. The number of carboxylic acid groups (broad SMARTS) is 1. The van der Waals surface area contributed by atoms with E-state index in [1.54, 1.807) is 9.47 Å². The summed E-state index contributed by atoms with van der Waals surface area (Å²) in [6.45, 7) is 0.869. The van der Waals surface area contributed by atoms with Gasteiger partial charge in [0, 0.05) is 24.7 Å². The first-order valence-electron chi connectivity index (χ1n) is 15.4. The molecule has 262 valence electrons. The van der Waals surface area contributed by atoms with Gasteiger partial charge in [0.1, 0.15) is 42.7 Å². The van der Waals surface area contributed by atoms with Crippen LogP contribution in [0, 0.1) is 11.6 Å². The number of hydrogen-bond donors (Lipinski definition) is 3. The summed E-state index contributed by atoms with van der Waals surface area (Å²) in [5.41, 5.74) is 3.17. The van der Waals surface area contributed by atoms with E-state index in [4.69, 9.17) is 24.7 Å². The van der Waals surface area contributed by atoms with Crippen LogP contribution in [0.3, 0.4) is 0 Å². The van der Waals surface area contributed by atoms with Crippen molar-refractivity contribution in [2.24, 2.45) is 5.73 Å². The van der Waals surface area contributed by atoms with Gasteiger partial charge in [0.25, 0.3) is 0 Å². The number of anilines is 2. The number of benzene rings is 2. The molecule has 1 saturated carbocycles. The van der Waals surface area contributed by atoms with Gasteiger partial charge in [-0.3, -0.25) is 14.5 Å². The van der Waals surface area contributed by atoms with Crippen LogP contribution in [0.2, 0.25) is 0 Å². The van der Waals surface area contributed by atoms with Crippen LogP contribution in [-0.4, -0.2) is 89.5 Å². The number of carbonyl (C=O) groups is 3. The van der Waals surface area contributed by atoms with Crippen molar-refractivity contribution in [1.29, 1.82) is 0 Å². The van der Waals surface area contributed by atoms with Crippen molar-refractivity contribution in [2.45, 2.75) is 56.0 Å². The predicted molar refractivity (Wildman–Crippen MR) is 171 cm³/mol. The van der Waals surface area contributed by atoms with Crippen molar-refractivity contribution < 1.29 is 52.3 Å². The molecule has 14 nitrogen and oxygen atoms in total. The summed E-state index contributed by atoms with van der Waals surface area (Å²) in [5, 5.41) is 21.0. The normalized spacial score (nSPS) is 23.2. The number of aliphatic hydroxyl groups is 1. The highest BCUT2D eigenvalue weighted by molar-refractivity contribution is 5.97. The van der Waals surface area contributed by atoms with Crippen molar-refractivity contribution in [3.8, 4) is 11.5 Å². The molecule has 4 aliphatic rings. The van der Waals surface area contributed by atoms with E-state index in [1.807, 2.05) is 0 Å². The Balaban J connectivity index is 0.00000417. The Kier molecular flexibility index (Phi) is 8.83. The standard InChI is InChI=1S/C32H32F2N4O10.ClH/c1-15(35)30(42)46-12-19-9-37(31(43)48-19)17-4-5-24(22(33)6-17)47-14-32(44)8-18-11-45-28-25-20(7-23(34)26(28)38(18)13-32)27(39)21(29(40)41)10-36(25)16-2-3-16;/h4-7,10,15-16,18-19,44H,2-3,8-9,11-14,35H2,1H3,(H,40,41);1H/t15-,18-,19+,32-;/m0./s1. The second kappa shape index (κ2) is 12.7. The SMILES string of the molecule is C[C@H](N)C(=O)OC[C@H]1CN(c2ccc(OC[C@]3(O)C[C@H]4COc5c(c(F)cc6c(=O)c(C(=O)O)cn(C7CC7)c56)N4C3)c(F)c2)C(=O)O1.Cl. The number of aromatic nitrogens is 1. The number of ether oxygens (including phenoxy) is 4. The molecule has 4 N–H and O–H groups in total. The monoisotopic (exact) mass is 706 g/mol. The molecule has 3 aliphatic heterocycles. The number of cyclic esters (lactones) is 1. The number of fused-ring (bicyclic) bond motifs is 5. The molecule has 7 rings (SSSR count). The smallest absolute Gasteiger partial charge is 0.414 e. The molecule has 2 aromatic carbocycles. The summed E-state index contributed by atoms with van der Waals surface area (Å²) in [6, 6.07) is 3.48. The summed E-state index contributed by atoms with van der Waals surface area (Å²) < 4.78 is 54.5. The van der Waals surface area contributed by atoms with Crippen molar-refractivity contribution in [3.05, 3.63) is 57.9 Å². The van der Waals surface area contributed by atoms with E-state index >= 15 is 8.78 Å². The number of nitrogens with zero attached hydrogens (tertiary/aromatic N) is 3. The first kappa shape index (κ1) is 34.2. The van der Waals surface area contributed by atoms with E-state index in [0.717, 1.165) is 25.0 Å². The van der Waals surface area contributed by atoms with Crippen molar-refractivity contribution in [2.75, 3.05) is 42.7 Å². The minimum atomic E-state index is -1.55. The van der Waals surface area contributed by atoms with Crippen molar-refractivity contribution >= 4 is 52.7 Å². The largest absolute Gasteiger partial charge is 0.487 e. The van der Waals surface area contributed by atoms with E-state index in [1.165, 1.54) is 30.2 Å². The zero-order valence-electron chi connectivity index (χ0n) is 26.1. The number of aromatic carboxylic acids is 1. The molecule has 1 aromatic heterocycles. The molecule has 0 unspecified atom stereocenters. The molecule has 17 heteroatoms. The number of nitrogens with two attached hydrogens (primary N) is 1. The third kappa shape index (κ3) is 6.19. The molecule has 3 fully saturated rings. The average molecular weight is 707 g/mol. The fourth-order valence-corrected chi connectivity index (χ4v) is 6.51. The lowest BCUT2D eigenvalue weighted by molar-refractivity contribution is -0.147. The Labute approximate surface area is 283 Å². The van der Waals surface area contributed by atoms with Gasteiger partial charge in [-0.05, 0) is 38.0 Å². The first-order valence-corrected chi connectivity index (χ1v) is 15.4. The van der Waals surface area contributed by atoms with Gasteiger partial charge in [-0.25, -0.2) is 18.4 Å². The number of rotatable bonds is 9. The fourth-order valence-electron chi connectivity index (χ4n) is 6.51. The molecule has 0 spiro atoms. The lowest BCUT2D eigenvalue weighted by atomic mass is 10.0. The minimum Gasteiger partial charge on any atom is -0.487 e. The molecule has 0 radical (unpaired) electrons. The Bertz CT molecular complexity index is 1920. The van der Waals surface area contributed by atoms with Crippen molar-refractivity contribution in [1.82, 2.24) is 4.57 Å². The van der Waals surface area contributed by atoms with Gasteiger partial charge in [-0.15, -0.1) is 12.4 Å². The van der Waals surface area contributed by atoms with Crippen LogP contribution in [-0.2, 0) is 14.3 Å². The van der Waals surface area contributed by atoms with Crippen molar-refractivity contribution in [3.63, 3.8) is 0 Å². The van der Waals surface area contributed by atoms with E-state index in [2.05, 4.69) is 0 Å². The molecule has 4 heterocycles. The van der Waals surface area contributed by atoms with E-state index in [9.17, 15) is 29.4 Å². The van der Waals surface area contributed by atoms with Crippen LogP contribution in [0.1, 0.15) is 42.6 Å². The molecular formula is C32H33ClF2N4O10. The lowest BCUT2D eigenvalue weighted by Crippen LogP contribution is -2.41. The van der Waals surface area contributed by atoms with Crippen LogP contribution in [0.4, 0.5) is 25.0 Å². The summed E-state index contributed by atoms with van der Waals surface area (Å²) in [7, 11) is 0. The summed E-state index contributed by atoms with van der Waals surface area (Å²) in [4.78, 5) is 51.6. The number of carboxylic acids is 1. The number of hydrogen-bond acceptors (Lipinski definition) is 11. The van der Waals surface area contributed by atoms with E-state index in [0.29, 0.717) is 5.52 Å². The molecule has 2 saturated heterocycles. The van der Waals surface area contributed by atoms with E-state index in [-0.39, 0.29) is 86.0 Å². The highest BCUT2D eigenvalue weighted by Crippen LogP contribution is 2.48. The van der Waals surface area contributed by atoms with Crippen LogP contribution in [0.15, 0.2) is 35.3 Å². The maximum atomic E-state index is 15.7. The number of halogens is 3. The minimum absolute atomic E-state index is 0. The molecular weight excluding hydrogens is 674 g/mol. The van der Waals surface area contributed by atoms with E-state index < -0.39 is 64.4 Å². The average Bonchev–Trinajstić information content (AvgIpc) is 3.73. The molecule has 4 atom stereocenters. The van der Waals surface area contributed by atoms with Gasteiger partial charge in [-0.2, -0.15) is 0 Å². The topological polar surface area (TPSA) is 183 Å². The molecule has 1 aliphatic carbocycles. The Morgan fingerprint density at radius 1 is 1.16 bits per heavy atom. The summed E-state index contributed by atoms with van der Waals surface area (Å²) in [6.07, 6.45) is 1.38. The van der Waals surface area contributed by atoms with Gasteiger partial charge < -0.3 is 44.4 Å². The Morgan fingerprint density at radius 3 is 2.59 bits per heavy atom. The van der Waals surface area contributed by atoms with Gasteiger partial charge in [0.15, 0.2) is 29.2 Å². The highest BCUT2D eigenvalue weighted by atomic mass is 35.5. The second-order valence-electron chi connectivity index (χ2n) is 12.7. The van der Waals surface area contributed by atoms with Gasteiger partial charge in [0.05, 0.1) is 35.7 Å². The zero-order chi connectivity index (χ0) is 34.1. The summed E-state index contributed by atoms with van der Waals surface area (Å²) in [5.74, 6) is -3.76. The number of amides is 1. The molecule has 0 bridgehead atoms. The Hall–Kier alpha value is -4.67. The van der Waals surface area contributed by atoms with Gasteiger partial charge in [-0.1, -0.05) is 0 Å². The molecule has 3 aromatic rings. The molecule has 49 heavy (non-hydrogen) atoms. The number of esters is 1. The predicted octanol–water partition coefficient (Wildman–Crippen LogP) is 2.73. The second-order valence-corrected chi connectivity index (χ2v) is 12.7. The van der Waals surface area contributed by atoms with Gasteiger partial charge in [0.2, 0.25) is 5.43 Å². The highest BCUT2D eigenvalue weighted by Gasteiger charge is 2.48. The number of pyridine rings is 1. The first-order chi connectivity index (χ1) is 22.8. The number of carbonyl (C=O) groups excluding carboxylic acids is 2. The van der Waals surface area contributed by atoms with Crippen LogP contribution in [0.5, 0.6) is 11.5 Å². The third-order valence-electron chi connectivity index (χ3n) is 8.98. The lowest BCUT2D eigenvalue weighted by Gasteiger charge is -2.34. The van der Waals surface area contributed by atoms with Gasteiger partial charge >= 0.3 is 18.0 Å². The quantitative estimate of drug-likeness (QED) is 0.277. The summed E-state index contributed by atoms with van der Waals surface area (Å²) >= 11 is 0. The Morgan fingerprint density at radius 2 is 1.92 bits per heavy atom. The third-order valence-corrected chi connectivity index (χ3v) is 8.98. The van der Waals surface area contributed by atoms with Crippen LogP contribution >= 0.6 is 12.4 Å². The maximum absolute atomic E-state index is 15.7. The maximum Gasteiger partial charge on any atom is 0.414 e. The zero-order valence-corrected chi connectivity index (χ0v) is 26.9. The van der Waals surface area contributed by atoms with Crippen LogP contribution < -0.4 is 30.4 Å².